The van der Waals surface area contributed by atoms with Gasteiger partial charge in [0.1, 0.15) is 5.56 Å². The maximum Gasteiger partial charge on any atom is 0.798 e. The number of anilines is 1. The van der Waals surface area contributed by atoms with E-state index in [4.69, 9.17) is 5.73 Å². The van der Waals surface area contributed by atoms with Gasteiger partial charge >= 0.3 is 13.4 Å². The van der Waals surface area contributed by atoms with Crippen molar-refractivity contribution in [2.45, 2.75) is 25.8 Å². The van der Waals surface area contributed by atoms with Gasteiger partial charge in [0.2, 0.25) is 5.43 Å². The molecule has 3 rings (SSSR count). The number of nitrogens with two attached hydrogens (primary N) is 1. The summed E-state index contributed by atoms with van der Waals surface area (Å²) in [6, 6.07) is -0.158. The average molecular weight is 342 g/mol. The van der Waals surface area contributed by atoms with Crippen LogP contribution in [0, 0.1) is 18.6 Å². The SMILES string of the molecule is Cc1c(F)c(F)c(N)c2c(=O)c(C(=O)OB(F)F)cn(C3CC3)c12. The average Bonchev–Trinajstić information content (AvgIpc) is 3.34. The predicted molar refractivity (Wildman–Crippen MR) is 78.9 cm³/mol. The summed E-state index contributed by atoms with van der Waals surface area (Å²) in [4.78, 5) is 24.2. The molecule has 1 aliphatic carbocycles. The van der Waals surface area contributed by atoms with Gasteiger partial charge in [-0.2, -0.15) is 0 Å². The Morgan fingerprint density at radius 3 is 2.50 bits per heavy atom. The molecule has 24 heavy (non-hydrogen) atoms. The molecule has 126 valence electrons. The number of carbonyl (C=O) groups excluding carboxylic acids is 1. The van der Waals surface area contributed by atoms with Crippen molar-refractivity contribution in [2.24, 2.45) is 0 Å². The number of aryl methyl sites for hydroxylation is 1. The van der Waals surface area contributed by atoms with Crippen LogP contribution in [0.5, 0.6) is 0 Å². The summed E-state index contributed by atoms with van der Waals surface area (Å²) in [5.74, 6) is -4.16. The Morgan fingerprint density at radius 1 is 1.33 bits per heavy atom. The maximum absolute atomic E-state index is 14.0. The fraction of sp³-hybridized carbons (Fsp3) is 0.286. The fourth-order valence-corrected chi connectivity index (χ4v) is 2.69. The zero-order valence-corrected chi connectivity index (χ0v) is 12.4. The molecule has 2 aromatic rings. The first kappa shape index (κ1) is 16.3. The first-order valence-electron chi connectivity index (χ1n) is 7.05. The zero-order valence-electron chi connectivity index (χ0n) is 12.4. The lowest BCUT2D eigenvalue weighted by molar-refractivity contribution is 0.0693. The van der Waals surface area contributed by atoms with Crippen molar-refractivity contribution in [3.63, 3.8) is 0 Å². The molecule has 0 amide bonds. The molecule has 1 aromatic heterocycles. The van der Waals surface area contributed by atoms with Crippen LogP contribution < -0.4 is 11.2 Å². The van der Waals surface area contributed by atoms with Crippen LogP contribution >= 0.6 is 0 Å². The number of pyridine rings is 1. The highest BCUT2D eigenvalue weighted by Gasteiger charge is 2.32. The summed E-state index contributed by atoms with van der Waals surface area (Å²) in [7, 11) is -3.41. The summed E-state index contributed by atoms with van der Waals surface area (Å²) < 4.78 is 57.6. The van der Waals surface area contributed by atoms with Gasteiger partial charge in [0.25, 0.3) is 0 Å². The second-order valence-electron chi connectivity index (χ2n) is 5.57. The fourth-order valence-electron chi connectivity index (χ4n) is 2.69. The topological polar surface area (TPSA) is 74.3 Å². The molecule has 10 heteroatoms. The van der Waals surface area contributed by atoms with Gasteiger partial charge in [-0.15, -0.1) is 0 Å². The van der Waals surface area contributed by atoms with Gasteiger partial charge in [-0.3, -0.25) is 4.79 Å². The predicted octanol–water partition coefficient (Wildman–Crippen LogP) is 2.59. The largest absolute Gasteiger partial charge is 0.798 e. The molecular formula is C14H11BF4N2O3. The van der Waals surface area contributed by atoms with Gasteiger partial charge < -0.3 is 15.0 Å². The Bertz CT molecular complexity index is 925. The summed E-state index contributed by atoms with van der Waals surface area (Å²) in [6.45, 7) is 1.27. The Kier molecular flexibility index (Phi) is 3.77. The molecule has 0 radical (unpaired) electrons. The molecule has 0 atom stereocenters. The first-order valence-corrected chi connectivity index (χ1v) is 7.05. The number of rotatable bonds is 3. The molecule has 1 saturated carbocycles. The van der Waals surface area contributed by atoms with Crippen LogP contribution in [-0.4, -0.2) is 18.0 Å². The molecule has 0 saturated heterocycles. The number of carbonyl (C=O) groups is 1. The van der Waals surface area contributed by atoms with E-state index in [0.717, 1.165) is 6.20 Å². The van der Waals surface area contributed by atoms with Crippen molar-refractivity contribution < 1.29 is 26.9 Å². The van der Waals surface area contributed by atoms with Crippen LogP contribution in [0.4, 0.5) is 23.1 Å². The molecule has 0 spiro atoms. The number of hydrogen-bond acceptors (Lipinski definition) is 4. The third-order valence-corrected chi connectivity index (χ3v) is 3.97. The molecule has 5 nitrogen and oxygen atoms in total. The summed E-state index contributed by atoms with van der Waals surface area (Å²) in [5, 5.41) is -0.415. The van der Waals surface area contributed by atoms with Gasteiger partial charge in [0, 0.05) is 17.8 Å². The van der Waals surface area contributed by atoms with Crippen molar-refractivity contribution in [3.8, 4) is 0 Å². The van der Waals surface area contributed by atoms with Crippen molar-refractivity contribution in [3.05, 3.63) is 39.2 Å². The van der Waals surface area contributed by atoms with E-state index in [2.05, 4.69) is 4.65 Å². The highest BCUT2D eigenvalue weighted by Crippen LogP contribution is 2.39. The van der Waals surface area contributed by atoms with E-state index in [-0.39, 0.29) is 17.1 Å². The van der Waals surface area contributed by atoms with Crippen LogP contribution in [0.15, 0.2) is 11.0 Å². The van der Waals surface area contributed by atoms with Gasteiger partial charge in [0.15, 0.2) is 11.6 Å². The van der Waals surface area contributed by atoms with Crippen LogP contribution in [-0.2, 0) is 4.65 Å². The standard InChI is InChI=1S/C14H11BF4N2O3/c1-5-9(16)10(17)11(20)8-12(5)21(6-2-3-6)4-7(13(8)22)14(23)24-15(18)19/h4,6H,2-3,20H2,1H3. The normalized spacial score (nSPS) is 14.0. The number of nitrogens with zero attached hydrogens (tertiary/aromatic N) is 1. The van der Waals surface area contributed by atoms with E-state index in [9.17, 15) is 27.0 Å². The molecular weight excluding hydrogens is 331 g/mol. The van der Waals surface area contributed by atoms with Crippen LogP contribution in [0.2, 0.25) is 0 Å². The second kappa shape index (κ2) is 5.54. The van der Waals surface area contributed by atoms with Crippen molar-refractivity contribution in [2.75, 3.05) is 5.73 Å². The van der Waals surface area contributed by atoms with Crippen molar-refractivity contribution in [1.82, 2.24) is 4.57 Å². The molecule has 1 aliphatic rings. The lowest BCUT2D eigenvalue weighted by Crippen LogP contribution is -2.25. The lowest BCUT2D eigenvalue weighted by atomic mass is 10.0. The van der Waals surface area contributed by atoms with Gasteiger partial charge in [-0.1, -0.05) is 0 Å². The van der Waals surface area contributed by atoms with Crippen LogP contribution in [0.3, 0.4) is 0 Å². The van der Waals surface area contributed by atoms with E-state index in [0.29, 0.717) is 12.8 Å². The smallest absolute Gasteiger partial charge is 0.474 e. The number of benzene rings is 1. The van der Waals surface area contributed by atoms with E-state index >= 15 is 0 Å². The van der Waals surface area contributed by atoms with Crippen LogP contribution in [0.1, 0.15) is 34.8 Å². The Morgan fingerprint density at radius 2 is 1.96 bits per heavy atom. The summed E-state index contributed by atoms with van der Waals surface area (Å²) >= 11 is 0. The van der Waals surface area contributed by atoms with E-state index in [1.54, 1.807) is 0 Å². The Hall–Kier alpha value is -2.52. The summed E-state index contributed by atoms with van der Waals surface area (Å²) in [6.07, 6.45) is 2.40. The molecule has 2 N–H and O–H groups in total. The number of nitrogen functional groups attached to an aromatic ring is 1. The number of fused-ring (bicyclic) bond motifs is 1. The van der Waals surface area contributed by atoms with E-state index in [1.807, 2.05) is 0 Å². The van der Waals surface area contributed by atoms with Gasteiger partial charge in [0.05, 0.1) is 16.6 Å². The Balaban J connectivity index is 2.41. The monoisotopic (exact) mass is 342 g/mol. The third-order valence-electron chi connectivity index (χ3n) is 3.97. The number of aromatic nitrogens is 1. The molecule has 0 bridgehead atoms. The quantitative estimate of drug-likeness (QED) is 0.529. The highest BCUT2D eigenvalue weighted by molar-refractivity contribution is 6.38. The van der Waals surface area contributed by atoms with E-state index in [1.165, 1.54) is 11.5 Å². The maximum atomic E-state index is 14.0. The van der Waals surface area contributed by atoms with Crippen molar-refractivity contribution in [1.29, 1.82) is 0 Å². The minimum Gasteiger partial charge on any atom is -0.474 e. The first-order chi connectivity index (χ1) is 11.2. The minimum absolute atomic E-state index is 0.0486. The van der Waals surface area contributed by atoms with E-state index < -0.39 is 47.1 Å². The third kappa shape index (κ3) is 2.42. The minimum atomic E-state index is -3.41. The molecule has 1 aromatic carbocycles. The van der Waals surface area contributed by atoms with Gasteiger partial charge in [-0.25, -0.2) is 22.2 Å². The molecule has 0 aliphatic heterocycles. The number of halogens is 4. The lowest BCUT2D eigenvalue weighted by Gasteiger charge is -2.16. The molecule has 1 fully saturated rings. The van der Waals surface area contributed by atoms with Crippen LogP contribution in [0.25, 0.3) is 10.9 Å². The zero-order chi connectivity index (χ0) is 17.8. The molecule has 0 unspecified atom stereocenters. The Labute approximate surface area is 133 Å². The summed E-state index contributed by atoms with van der Waals surface area (Å²) in [5.41, 5.74) is 2.88. The molecule has 1 heterocycles. The number of hydrogen-bond donors (Lipinski definition) is 1. The van der Waals surface area contributed by atoms with Gasteiger partial charge in [-0.05, 0) is 19.8 Å². The second-order valence-corrected chi connectivity index (χ2v) is 5.57. The highest BCUT2D eigenvalue weighted by atomic mass is 19.2. The van der Waals surface area contributed by atoms with Crippen molar-refractivity contribution >= 4 is 30.0 Å².